The Morgan fingerprint density at radius 2 is 2.05 bits per heavy atom. The van der Waals surface area contributed by atoms with Gasteiger partial charge in [0.15, 0.2) is 0 Å². The summed E-state index contributed by atoms with van der Waals surface area (Å²) < 4.78 is 3.26. The number of benzene rings is 1. The highest BCUT2D eigenvalue weighted by atomic mass is 32.2. The number of likely N-dealkylation sites (tertiary alicyclic amines) is 1. The lowest BCUT2D eigenvalue weighted by molar-refractivity contribution is -0.118. The Bertz CT molecular complexity index is 473. The minimum absolute atomic E-state index is 0.0944. The zero-order valence-electron chi connectivity index (χ0n) is 12.9. The number of hydrogen-bond donors (Lipinski definition) is 2. The van der Waals surface area contributed by atoms with Crippen LogP contribution >= 0.6 is 11.9 Å². The topological polar surface area (TPSA) is 44.4 Å². The summed E-state index contributed by atoms with van der Waals surface area (Å²) >= 11 is 1.44. The van der Waals surface area contributed by atoms with Crippen molar-refractivity contribution >= 4 is 23.5 Å². The van der Waals surface area contributed by atoms with Crippen molar-refractivity contribution in [2.75, 3.05) is 36.7 Å². The van der Waals surface area contributed by atoms with Gasteiger partial charge in [-0.15, -0.1) is 0 Å². The first kappa shape index (κ1) is 16.2. The minimum atomic E-state index is 0.0944. The second-order valence-corrected chi connectivity index (χ2v) is 6.32. The lowest BCUT2D eigenvalue weighted by atomic mass is 10.1. The summed E-state index contributed by atoms with van der Waals surface area (Å²) in [7, 11) is 0. The summed E-state index contributed by atoms with van der Waals surface area (Å²) in [6, 6.07) is 6.16. The van der Waals surface area contributed by atoms with E-state index in [2.05, 4.69) is 34.9 Å². The Labute approximate surface area is 131 Å². The Hall–Kier alpha value is -1.20. The summed E-state index contributed by atoms with van der Waals surface area (Å²) in [5, 5.41) is 2.98. The van der Waals surface area contributed by atoms with Gasteiger partial charge in [0.05, 0.1) is 5.75 Å². The van der Waals surface area contributed by atoms with Crippen LogP contribution < -0.4 is 10.0 Å². The van der Waals surface area contributed by atoms with Crippen molar-refractivity contribution in [1.29, 1.82) is 0 Å². The van der Waals surface area contributed by atoms with Crippen LogP contribution in [0.4, 0.5) is 5.69 Å². The van der Waals surface area contributed by atoms with Crippen molar-refractivity contribution in [2.45, 2.75) is 26.7 Å². The molecule has 0 spiro atoms. The van der Waals surface area contributed by atoms with Crippen molar-refractivity contribution in [3.63, 3.8) is 0 Å². The maximum absolute atomic E-state index is 11.8. The largest absolute Gasteiger partial charge is 0.354 e. The normalized spacial score (nSPS) is 15.1. The van der Waals surface area contributed by atoms with Crippen LogP contribution in [-0.2, 0) is 4.79 Å². The predicted octanol–water partition coefficient (Wildman–Crippen LogP) is 2.58. The van der Waals surface area contributed by atoms with E-state index in [1.54, 1.807) is 0 Å². The van der Waals surface area contributed by atoms with Crippen LogP contribution in [0.3, 0.4) is 0 Å². The number of nitrogens with zero attached hydrogens (tertiary/aromatic N) is 1. The van der Waals surface area contributed by atoms with Crippen LogP contribution in [0.2, 0.25) is 0 Å². The van der Waals surface area contributed by atoms with E-state index in [0.29, 0.717) is 5.75 Å². The molecule has 2 rings (SSSR count). The Kier molecular flexibility index (Phi) is 6.39. The molecular formula is C16H25N3OS. The van der Waals surface area contributed by atoms with Crippen molar-refractivity contribution in [3.05, 3.63) is 29.3 Å². The second kappa shape index (κ2) is 8.29. The van der Waals surface area contributed by atoms with Crippen LogP contribution in [0.15, 0.2) is 18.2 Å². The fourth-order valence-electron chi connectivity index (χ4n) is 2.45. The zero-order chi connectivity index (χ0) is 15.1. The second-order valence-electron chi connectivity index (χ2n) is 5.54. The zero-order valence-corrected chi connectivity index (χ0v) is 13.8. The number of anilines is 1. The number of nitrogens with one attached hydrogen (secondary N) is 2. The number of amides is 1. The molecule has 0 atom stereocenters. The highest BCUT2D eigenvalue weighted by molar-refractivity contribution is 8.01. The first-order chi connectivity index (χ1) is 10.2. The number of carbonyl (C=O) groups excluding carboxylic acids is 1. The molecule has 5 heteroatoms. The molecule has 0 aromatic heterocycles. The fourth-order valence-corrected chi connectivity index (χ4v) is 3.13. The van der Waals surface area contributed by atoms with E-state index in [1.165, 1.54) is 49.0 Å². The molecule has 1 heterocycles. The lowest BCUT2D eigenvalue weighted by Crippen LogP contribution is -2.34. The molecule has 4 nitrogen and oxygen atoms in total. The fraction of sp³-hybridized carbons (Fsp3) is 0.562. The molecule has 1 aliphatic rings. The van der Waals surface area contributed by atoms with E-state index in [0.717, 1.165) is 18.8 Å². The van der Waals surface area contributed by atoms with Crippen LogP contribution in [0.1, 0.15) is 24.0 Å². The molecule has 1 aromatic carbocycles. The summed E-state index contributed by atoms with van der Waals surface area (Å²) in [6.45, 7) is 8.27. The maximum Gasteiger partial charge on any atom is 0.231 e. The van der Waals surface area contributed by atoms with E-state index in [-0.39, 0.29) is 5.91 Å². The summed E-state index contributed by atoms with van der Waals surface area (Å²) in [5.74, 6) is 0.532. The Morgan fingerprint density at radius 1 is 1.29 bits per heavy atom. The van der Waals surface area contributed by atoms with Gasteiger partial charge in [-0.1, -0.05) is 12.1 Å². The Balaban J connectivity index is 1.61. The molecule has 1 saturated heterocycles. The van der Waals surface area contributed by atoms with Crippen LogP contribution in [0.5, 0.6) is 0 Å². The summed E-state index contributed by atoms with van der Waals surface area (Å²) in [6.07, 6.45) is 2.59. The third-order valence-electron chi connectivity index (χ3n) is 3.94. The molecule has 2 N–H and O–H groups in total. The van der Waals surface area contributed by atoms with E-state index in [4.69, 9.17) is 0 Å². The van der Waals surface area contributed by atoms with Crippen LogP contribution in [0, 0.1) is 13.8 Å². The molecular weight excluding hydrogens is 282 g/mol. The highest BCUT2D eigenvalue weighted by Gasteiger charge is 2.11. The number of carbonyl (C=O) groups is 1. The number of aryl methyl sites for hydroxylation is 1. The first-order valence-electron chi connectivity index (χ1n) is 7.60. The molecule has 0 bridgehead atoms. The van der Waals surface area contributed by atoms with Crippen molar-refractivity contribution in [3.8, 4) is 0 Å². The van der Waals surface area contributed by atoms with Crippen molar-refractivity contribution in [2.24, 2.45) is 0 Å². The quantitative estimate of drug-likeness (QED) is 0.760. The standard InChI is InChI=1S/C16H25N3OS/c1-13-6-5-7-15(14(13)2)18-21-12-16(20)17-8-11-19-9-3-4-10-19/h5-7,18H,3-4,8-12H2,1-2H3,(H,17,20). The van der Waals surface area contributed by atoms with Gasteiger partial charge in [0.25, 0.3) is 0 Å². The van der Waals surface area contributed by atoms with Gasteiger partial charge in [0, 0.05) is 18.8 Å². The average Bonchev–Trinajstić information content (AvgIpc) is 2.97. The molecule has 1 fully saturated rings. The van der Waals surface area contributed by atoms with Gasteiger partial charge in [-0.25, -0.2) is 0 Å². The van der Waals surface area contributed by atoms with Gasteiger partial charge >= 0.3 is 0 Å². The van der Waals surface area contributed by atoms with Gasteiger partial charge in [-0.3, -0.25) is 4.79 Å². The van der Waals surface area contributed by atoms with Gasteiger partial charge in [-0.2, -0.15) is 0 Å². The van der Waals surface area contributed by atoms with Crippen LogP contribution in [-0.4, -0.2) is 42.7 Å². The molecule has 0 aliphatic carbocycles. The lowest BCUT2D eigenvalue weighted by Gasteiger charge is -2.15. The molecule has 0 saturated carbocycles. The maximum atomic E-state index is 11.8. The highest BCUT2D eigenvalue weighted by Crippen LogP contribution is 2.20. The summed E-state index contributed by atoms with van der Waals surface area (Å²) in [4.78, 5) is 14.2. The minimum Gasteiger partial charge on any atom is -0.354 e. The van der Waals surface area contributed by atoms with Gasteiger partial charge in [-0.05, 0) is 68.9 Å². The van der Waals surface area contributed by atoms with Gasteiger partial charge in [0.1, 0.15) is 0 Å². The van der Waals surface area contributed by atoms with Crippen molar-refractivity contribution < 1.29 is 4.79 Å². The molecule has 0 radical (unpaired) electrons. The van der Waals surface area contributed by atoms with E-state index in [1.807, 2.05) is 12.1 Å². The van der Waals surface area contributed by atoms with Gasteiger partial charge < -0.3 is 14.9 Å². The van der Waals surface area contributed by atoms with E-state index < -0.39 is 0 Å². The summed E-state index contributed by atoms with van der Waals surface area (Å²) in [5.41, 5.74) is 3.58. The molecule has 1 aliphatic heterocycles. The molecule has 1 aromatic rings. The molecule has 21 heavy (non-hydrogen) atoms. The molecule has 1 amide bonds. The average molecular weight is 307 g/mol. The van der Waals surface area contributed by atoms with Gasteiger partial charge in [0.2, 0.25) is 5.91 Å². The van der Waals surface area contributed by atoms with E-state index >= 15 is 0 Å². The first-order valence-corrected chi connectivity index (χ1v) is 8.58. The predicted molar refractivity (Wildman–Crippen MR) is 90.7 cm³/mol. The monoisotopic (exact) mass is 307 g/mol. The molecule has 0 unspecified atom stereocenters. The number of hydrogen-bond acceptors (Lipinski definition) is 4. The smallest absolute Gasteiger partial charge is 0.231 e. The number of rotatable bonds is 7. The van der Waals surface area contributed by atoms with Crippen LogP contribution in [0.25, 0.3) is 0 Å². The SMILES string of the molecule is Cc1cccc(NSCC(=O)NCCN2CCCC2)c1C. The Morgan fingerprint density at radius 3 is 2.81 bits per heavy atom. The van der Waals surface area contributed by atoms with Crippen molar-refractivity contribution in [1.82, 2.24) is 10.2 Å². The third kappa shape index (κ3) is 5.25. The van der Waals surface area contributed by atoms with E-state index in [9.17, 15) is 4.79 Å². The third-order valence-corrected chi connectivity index (χ3v) is 4.71. The molecule has 116 valence electrons.